The summed E-state index contributed by atoms with van der Waals surface area (Å²) in [5.41, 5.74) is 1.61. The topological polar surface area (TPSA) is 128 Å². The number of rotatable bonds is 10. The van der Waals surface area contributed by atoms with Crippen LogP contribution in [-0.2, 0) is 11.3 Å². The average Bonchev–Trinajstić information content (AvgIpc) is 2.86. The van der Waals surface area contributed by atoms with Gasteiger partial charge < -0.3 is 25.5 Å². The van der Waals surface area contributed by atoms with Gasteiger partial charge in [-0.3, -0.25) is 14.2 Å². The third-order valence-corrected chi connectivity index (χ3v) is 6.28. The molecular formula is C30H35ClN4O5. The molecule has 0 aliphatic heterocycles. The number of hydrogen-bond acceptors (Lipinski definition) is 7. The molecule has 212 valence electrons. The van der Waals surface area contributed by atoms with Crippen LogP contribution in [0.5, 0.6) is 11.5 Å². The van der Waals surface area contributed by atoms with Crippen LogP contribution in [-0.4, -0.2) is 56.3 Å². The number of allylic oxidation sites excluding steroid dienone is 4. The highest BCUT2D eigenvalue weighted by molar-refractivity contribution is 6.30. The Labute approximate surface area is 238 Å². The summed E-state index contributed by atoms with van der Waals surface area (Å²) in [6.07, 6.45) is 5.42. The second-order valence-corrected chi connectivity index (χ2v) is 10.6. The Hall–Kier alpha value is -4.08. The van der Waals surface area contributed by atoms with Gasteiger partial charge in [0, 0.05) is 28.1 Å². The van der Waals surface area contributed by atoms with Crippen LogP contribution in [0.1, 0.15) is 32.8 Å². The molecule has 0 radical (unpaired) electrons. The first-order chi connectivity index (χ1) is 18.8. The summed E-state index contributed by atoms with van der Waals surface area (Å²) in [4.78, 5) is 32.7. The van der Waals surface area contributed by atoms with E-state index in [9.17, 15) is 24.9 Å². The van der Waals surface area contributed by atoms with Crippen LogP contribution in [0, 0.1) is 5.92 Å². The standard InChI is InChI=1S/C30H35ClN4O5/c1-7-19(10-8-9-18(4)36)22-14-23-27(32-25(38)16-34(5)6)28(39)30(40)35(15-17(2)3)29(23)33-26(22)21-12-11-20(31)13-24(21)37/h7-9,11-14,17,36-37,39H,4,10,15-16H2,1-3,5-6H3,(H,32,38)/b9-8-,19-7+. The third kappa shape index (κ3) is 6.91. The number of benzene rings is 1. The first-order valence-corrected chi connectivity index (χ1v) is 13.2. The van der Waals surface area contributed by atoms with Crippen molar-refractivity contribution in [2.75, 3.05) is 26.0 Å². The third-order valence-electron chi connectivity index (χ3n) is 6.04. The number of hydrogen-bond donors (Lipinski definition) is 4. The maximum Gasteiger partial charge on any atom is 0.296 e. The van der Waals surface area contributed by atoms with E-state index < -0.39 is 17.2 Å². The molecule has 0 spiro atoms. The van der Waals surface area contributed by atoms with Gasteiger partial charge in [-0.05, 0) is 69.3 Å². The van der Waals surface area contributed by atoms with E-state index >= 15 is 0 Å². The molecule has 2 aromatic heterocycles. The molecule has 0 aliphatic carbocycles. The van der Waals surface area contributed by atoms with Crippen molar-refractivity contribution < 1.29 is 20.1 Å². The van der Waals surface area contributed by atoms with Crippen LogP contribution < -0.4 is 10.9 Å². The lowest BCUT2D eigenvalue weighted by atomic mass is 9.94. The zero-order valence-corrected chi connectivity index (χ0v) is 24.1. The summed E-state index contributed by atoms with van der Waals surface area (Å²) in [6.45, 7) is 9.46. The van der Waals surface area contributed by atoms with Gasteiger partial charge in [-0.25, -0.2) is 4.98 Å². The summed E-state index contributed by atoms with van der Waals surface area (Å²) in [7, 11) is 3.46. The quantitative estimate of drug-likeness (QED) is 0.183. The molecular weight excluding hydrogens is 532 g/mol. The number of phenolic OH excluding ortho intramolecular Hbond substituents is 1. The Morgan fingerprint density at radius 1 is 1.25 bits per heavy atom. The van der Waals surface area contributed by atoms with E-state index in [1.807, 2.05) is 26.8 Å². The molecule has 1 aromatic carbocycles. The van der Waals surface area contributed by atoms with Crippen molar-refractivity contribution in [3.8, 4) is 22.8 Å². The number of halogens is 1. The number of fused-ring (bicyclic) bond motifs is 1. The van der Waals surface area contributed by atoms with Crippen molar-refractivity contribution in [1.82, 2.24) is 14.5 Å². The number of aliphatic hydroxyl groups is 1. The Morgan fingerprint density at radius 3 is 2.52 bits per heavy atom. The largest absolute Gasteiger partial charge is 0.509 e. The molecule has 0 unspecified atom stereocenters. The molecule has 4 N–H and O–H groups in total. The summed E-state index contributed by atoms with van der Waals surface area (Å²) in [6, 6.07) is 6.41. The molecule has 40 heavy (non-hydrogen) atoms. The number of likely N-dealkylation sites (N-methyl/N-ethyl adjacent to an activating group) is 1. The smallest absolute Gasteiger partial charge is 0.296 e. The fourth-order valence-electron chi connectivity index (χ4n) is 4.34. The van der Waals surface area contributed by atoms with Gasteiger partial charge in [0.2, 0.25) is 11.7 Å². The molecule has 9 nitrogen and oxygen atoms in total. The molecule has 0 atom stereocenters. The lowest BCUT2D eigenvalue weighted by Crippen LogP contribution is -2.29. The average molecular weight is 567 g/mol. The number of nitrogens with one attached hydrogen (secondary N) is 1. The second kappa shape index (κ2) is 12.8. The number of aromatic nitrogens is 2. The van der Waals surface area contributed by atoms with E-state index in [-0.39, 0.29) is 41.9 Å². The summed E-state index contributed by atoms with van der Waals surface area (Å²) in [5, 5.41) is 34.8. The predicted octanol–water partition coefficient (Wildman–Crippen LogP) is 5.71. The van der Waals surface area contributed by atoms with E-state index in [1.54, 1.807) is 43.3 Å². The second-order valence-electron chi connectivity index (χ2n) is 10.1. The number of aromatic hydroxyl groups is 2. The molecule has 3 rings (SSSR count). The Morgan fingerprint density at radius 2 is 1.95 bits per heavy atom. The molecule has 0 fully saturated rings. The molecule has 1 amide bonds. The van der Waals surface area contributed by atoms with Crippen molar-refractivity contribution in [2.45, 2.75) is 33.7 Å². The number of nitrogens with zero attached hydrogens (tertiary/aromatic N) is 3. The Bertz CT molecular complexity index is 1570. The van der Waals surface area contributed by atoms with Gasteiger partial charge in [0.15, 0.2) is 0 Å². The van der Waals surface area contributed by atoms with Crippen LogP contribution in [0.2, 0.25) is 5.02 Å². The van der Waals surface area contributed by atoms with E-state index in [2.05, 4.69) is 11.9 Å². The molecule has 0 saturated heterocycles. The highest BCUT2D eigenvalue weighted by atomic mass is 35.5. The van der Waals surface area contributed by atoms with Gasteiger partial charge in [0.25, 0.3) is 5.56 Å². The van der Waals surface area contributed by atoms with Gasteiger partial charge in [-0.15, -0.1) is 0 Å². The molecule has 0 aliphatic rings. The minimum atomic E-state index is -0.691. The highest BCUT2D eigenvalue weighted by Gasteiger charge is 2.24. The molecule has 3 aromatic rings. The van der Waals surface area contributed by atoms with Crippen LogP contribution in [0.3, 0.4) is 0 Å². The van der Waals surface area contributed by atoms with Crippen molar-refractivity contribution in [3.63, 3.8) is 0 Å². The van der Waals surface area contributed by atoms with Crippen LogP contribution in [0.25, 0.3) is 27.9 Å². The van der Waals surface area contributed by atoms with Gasteiger partial charge in [-0.1, -0.05) is 44.2 Å². The number of amides is 1. The van der Waals surface area contributed by atoms with E-state index in [1.165, 1.54) is 16.7 Å². The molecule has 0 bridgehead atoms. The van der Waals surface area contributed by atoms with Crippen LogP contribution in [0.4, 0.5) is 5.69 Å². The maximum absolute atomic E-state index is 13.4. The first kappa shape index (κ1) is 30.5. The van der Waals surface area contributed by atoms with Gasteiger partial charge in [-0.2, -0.15) is 0 Å². The molecule has 2 heterocycles. The van der Waals surface area contributed by atoms with Crippen LogP contribution >= 0.6 is 11.6 Å². The van der Waals surface area contributed by atoms with Crippen LogP contribution in [0.15, 0.2) is 59.6 Å². The van der Waals surface area contributed by atoms with E-state index in [4.69, 9.17) is 16.6 Å². The zero-order valence-electron chi connectivity index (χ0n) is 23.3. The first-order valence-electron chi connectivity index (χ1n) is 12.8. The summed E-state index contributed by atoms with van der Waals surface area (Å²) < 4.78 is 1.38. The van der Waals surface area contributed by atoms with Gasteiger partial charge >= 0.3 is 0 Å². The van der Waals surface area contributed by atoms with Gasteiger partial charge in [0.05, 0.1) is 12.2 Å². The van der Waals surface area contributed by atoms with Crippen molar-refractivity contribution in [2.24, 2.45) is 5.92 Å². The van der Waals surface area contributed by atoms with Crippen molar-refractivity contribution >= 4 is 39.8 Å². The number of phenols is 1. The fraction of sp³-hybridized carbons (Fsp3) is 0.300. The van der Waals surface area contributed by atoms with Crippen molar-refractivity contribution in [3.05, 3.63) is 75.8 Å². The van der Waals surface area contributed by atoms with Crippen molar-refractivity contribution in [1.29, 1.82) is 0 Å². The van der Waals surface area contributed by atoms with Gasteiger partial charge in [0.1, 0.15) is 22.8 Å². The molecule has 10 heteroatoms. The lowest BCUT2D eigenvalue weighted by molar-refractivity contribution is -0.116. The summed E-state index contributed by atoms with van der Waals surface area (Å²) >= 11 is 6.10. The number of pyridine rings is 2. The number of carbonyl (C=O) groups is 1. The van der Waals surface area contributed by atoms with E-state index in [0.717, 1.165) is 5.57 Å². The Balaban J connectivity index is 2.47. The number of anilines is 1. The normalized spacial score (nSPS) is 12.2. The molecule has 0 saturated carbocycles. The fourth-order valence-corrected chi connectivity index (χ4v) is 4.51. The lowest BCUT2D eigenvalue weighted by Gasteiger charge is -2.21. The minimum Gasteiger partial charge on any atom is -0.509 e. The number of carbonyl (C=O) groups excluding carboxylic acids is 1. The Kier molecular flexibility index (Phi) is 9.78. The zero-order chi connectivity index (χ0) is 29.7. The predicted molar refractivity (Wildman–Crippen MR) is 161 cm³/mol. The maximum atomic E-state index is 13.4. The van der Waals surface area contributed by atoms with E-state index in [0.29, 0.717) is 33.7 Å². The number of aliphatic hydroxyl groups excluding tert-OH is 1. The summed E-state index contributed by atoms with van der Waals surface area (Å²) in [5.74, 6) is -1.18. The SMILES string of the molecule is C=C(O)/C=C\C/C(=C\C)c1cc2c(NC(=O)CN(C)C)c(O)c(=O)n(CC(C)C)c2nc1-c1ccc(Cl)cc1O. The monoisotopic (exact) mass is 566 g/mol. The minimum absolute atomic E-state index is 0.0307. The highest BCUT2D eigenvalue weighted by Crippen LogP contribution is 2.40.